The summed E-state index contributed by atoms with van der Waals surface area (Å²) in [5, 5.41) is 3.34. The Morgan fingerprint density at radius 2 is 1.71 bits per heavy atom. The van der Waals surface area contributed by atoms with E-state index in [0.717, 1.165) is 38.5 Å². The number of hydrogen-bond acceptors (Lipinski definition) is 5. The Labute approximate surface area is 132 Å². The molecule has 5 heteroatoms. The van der Waals surface area contributed by atoms with Crippen LogP contribution in [0.4, 0.5) is 0 Å². The van der Waals surface area contributed by atoms with Crippen molar-refractivity contribution in [2.24, 2.45) is 0 Å². The zero-order chi connectivity index (χ0) is 15.2. The van der Waals surface area contributed by atoms with Crippen LogP contribution in [0.25, 0.3) is 0 Å². The molecule has 4 nitrogen and oxygen atoms in total. The van der Waals surface area contributed by atoms with Crippen LogP contribution in [0.2, 0.25) is 0 Å². The lowest BCUT2D eigenvalue weighted by molar-refractivity contribution is 0.0713. The predicted octanol–water partition coefficient (Wildman–Crippen LogP) is 2.57. The third-order valence-electron chi connectivity index (χ3n) is 2.87. The molecule has 120 valence electrons. The van der Waals surface area contributed by atoms with Gasteiger partial charge in [-0.2, -0.15) is 0 Å². The van der Waals surface area contributed by atoms with Gasteiger partial charge in [0.2, 0.25) is 0 Å². The first-order valence-electron chi connectivity index (χ1n) is 7.35. The molecule has 0 heterocycles. The molecule has 21 heavy (non-hydrogen) atoms. The van der Waals surface area contributed by atoms with Crippen LogP contribution in [0.15, 0.2) is 29.2 Å². The topological polar surface area (TPSA) is 39.7 Å². The molecule has 0 aliphatic rings. The van der Waals surface area contributed by atoms with E-state index < -0.39 is 0 Å². The lowest BCUT2D eigenvalue weighted by Gasteiger charge is -2.06. The van der Waals surface area contributed by atoms with Gasteiger partial charge in [-0.15, -0.1) is 11.8 Å². The highest BCUT2D eigenvalue weighted by Gasteiger charge is 1.97. The largest absolute Gasteiger partial charge is 0.383 e. The molecule has 0 aliphatic heterocycles. The fourth-order valence-corrected chi connectivity index (χ4v) is 2.53. The zero-order valence-electron chi connectivity index (χ0n) is 13.1. The van der Waals surface area contributed by atoms with Gasteiger partial charge in [-0.3, -0.25) is 0 Å². The van der Waals surface area contributed by atoms with Crippen molar-refractivity contribution in [1.82, 2.24) is 5.32 Å². The maximum absolute atomic E-state index is 5.44. The second-order valence-electron chi connectivity index (χ2n) is 4.62. The van der Waals surface area contributed by atoms with Crippen LogP contribution in [0.1, 0.15) is 12.0 Å². The van der Waals surface area contributed by atoms with Crippen molar-refractivity contribution in [3.05, 3.63) is 29.8 Å². The first-order valence-corrected chi connectivity index (χ1v) is 8.33. The quantitative estimate of drug-likeness (QED) is 0.448. The Hall–Kier alpha value is -0.590. The van der Waals surface area contributed by atoms with Crippen molar-refractivity contribution in [1.29, 1.82) is 0 Å². The monoisotopic (exact) mass is 313 g/mol. The minimum atomic E-state index is 0.674. The Balaban J connectivity index is 2.07. The summed E-state index contributed by atoms with van der Waals surface area (Å²) in [6, 6.07) is 8.72. The Morgan fingerprint density at radius 3 is 2.43 bits per heavy atom. The molecule has 0 aliphatic carbocycles. The van der Waals surface area contributed by atoms with Crippen LogP contribution in [0, 0.1) is 0 Å². The van der Waals surface area contributed by atoms with Crippen molar-refractivity contribution >= 4 is 11.8 Å². The van der Waals surface area contributed by atoms with Gasteiger partial charge in [-0.25, -0.2) is 0 Å². The smallest absolute Gasteiger partial charge is 0.0700 e. The molecule has 1 rings (SSSR count). The number of thioether (sulfide) groups is 1. The molecule has 1 aromatic rings. The van der Waals surface area contributed by atoms with Gasteiger partial charge in [0.25, 0.3) is 0 Å². The van der Waals surface area contributed by atoms with Crippen molar-refractivity contribution in [3.63, 3.8) is 0 Å². The van der Waals surface area contributed by atoms with Crippen molar-refractivity contribution in [2.75, 3.05) is 52.9 Å². The molecule has 0 fully saturated rings. The lowest BCUT2D eigenvalue weighted by Crippen LogP contribution is -2.18. The summed E-state index contributed by atoms with van der Waals surface area (Å²) in [7, 11) is 3.41. The molecule has 0 unspecified atom stereocenters. The molecular weight excluding hydrogens is 286 g/mol. The molecule has 0 saturated carbocycles. The number of methoxy groups -OCH3 is 2. The van der Waals surface area contributed by atoms with Gasteiger partial charge in [0.05, 0.1) is 19.8 Å². The van der Waals surface area contributed by atoms with Crippen LogP contribution >= 0.6 is 11.8 Å². The molecule has 1 aromatic carbocycles. The SMILES string of the molecule is COCCNCc1ccc(SCCCOCCOC)cc1. The second-order valence-corrected chi connectivity index (χ2v) is 5.79. The number of hydrogen-bond donors (Lipinski definition) is 1. The van der Waals surface area contributed by atoms with E-state index in [9.17, 15) is 0 Å². The van der Waals surface area contributed by atoms with E-state index >= 15 is 0 Å². The third kappa shape index (κ3) is 9.87. The lowest BCUT2D eigenvalue weighted by atomic mass is 10.2. The summed E-state index contributed by atoms with van der Waals surface area (Å²) in [6.07, 6.45) is 1.06. The third-order valence-corrected chi connectivity index (χ3v) is 3.97. The highest BCUT2D eigenvalue weighted by atomic mass is 32.2. The van der Waals surface area contributed by atoms with Crippen LogP contribution in [0.3, 0.4) is 0 Å². The fourth-order valence-electron chi connectivity index (χ4n) is 1.71. The molecule has 0 atom stereocenters. The van der Waals surface area contributed by atoms with E-state index in [1.54, 1.807) is 14.2 Å². The Kier molecular flexibility index (Phi) is 11.5. The molecular formula is C16H27NO3S. The van der Waals surface area contributed by atoms with E-state index in [1.165, 1.54) is 10.5 Å². The van der Waals surface area contributed by atoms with Gasteiger partial charge in [0.15, 0.2) is 0 Å². The summed E-state index contributed by atoms with van der Waals surface area (Å²) in [6.45, 7) is 4.69. The number of nitrogens with one attached hydrogen (secondary N) is 1. The molecule has 0 saturated heterocycles. The summed E-state index contributed by atoms with van der Waals surface area (Å²) in [5.41, 5.74) is 1.30. The molecule has 1 N–H and O–H groups in total. The van der Waals surface area contributed by atoms with E-state index in [2.05, 4.69) is 29.6 Å². The fraction of sp³-hybridized carbons (Fsp3) is 0.625. The minimum absolute atomic E-state index is 0.674. The standard InChI is InChI=1S/C16H27NO3S/c1-18-10-8-17-14-15-4-6-16(7-5-15)21-13-3-9-20-12-11-19-2/h4-7,17H,3,8-14H2,1-2H3. The second kappa shape index (κ2) is 13.1. The van der Waals surface area contributed by atoms with Gasteiger partial charge in [0, 0.05) is 44.6 Å². The molecule has 0 aromatic heterocycles. The minimum Gasteiger partial charge on any atom is -0.383 e. The van der Waals surface area contributed by atoms with Gasteiger partial charge in [-0.05, 0) is 24.1 Å². The van der Waals surface area contributed by atoms with Crippen LogP contribution < -0.4 is 5.32 Å². The maximum Gasteiger partial charge on any atom is 0.0700 e. The summed E-state index contributed by atoms with van der Waals surface area (Å²) in [5.74, 6) is 1.08. The summed E-state index contributed by atoms with van der Waals surface area (Å²) < 4.78 is 15.4. The number of benzene rings is 1. The highest BCUT2D eigenvalue weighted by Crippen LogP contribution is 2.19. The van der Waals surface area contributed by atoms with Gasteiger partial charge >= 0.3 is 0 Å². The van der Waals surface area contributed by atoms with E-state index in [4.69, 9.17) is 14.2 Å². The first kappa shape index (κ1) is 18.5. The van der Waals surface area contributed by atoms with Crippen molar-refractivity contribution in [3.8, 4) is 0 Å². The maximum atomic E-state index is 5.44. The van der Waals surface area contributed by atoms with Crippen LogP contribution in [0.5, 0.6) is 0 Å². The van der Waals surface area contributed by atoms with E-state index in [1.807, 2.05) is 11.8 Å². The van der Waals surface area contributed by atoms with Gasteiger partial charge in [0.1, 0.15) is 0 Å². The molecule has 0 bridgehead atoms. The summed E-state index contributed by atoms with van der Waals surface area (Å²) in [4.78, 5) is 1.31. The van der Waals surface area contributed by atoms with E-state index in [0.29, 0.717) is 13.2 Å². The average Bonchev–Trinajstić information content (AvgIpc) is 2.52. The highest BCUT2D eigenvalue weighted by molar-refractivity contribution is 7.99. The molecule has 0 amide bonds. The van der Waals surface area contributed by atoms with E-state index in [-0.39, 0.29) is 0 Å². The first-order chi connectivity index (χ1) is 10.4. The average molecular weight is 313 g/mol. The normalized spacial score (nSPS) is 11.0. The Morgan fingerprint density at radius 1 is 0.952 bits per heavy atom. The molecule has 0 radical (unpaired) electrons. The van der Waals surface area contributed by atoms with Crippen LogP contribution in [-0.2, 0) is 20.8 Å². The van der Waals surface area contributed by atoms with Gasteiger partial charge in [-0.1, -0.05) is 12.1 Å². The number of rotatable bonds is 13. The van der Waals surface area contributed by atoms with Crippen LogP contribution in [-0.4, -0.2) is 52.9 Å². The molecule has 0 spiro atoms. The number of ether oxygens (including phenoxy) is 3. The van der Waals surface area contributed by atoms with Crippen molar-refractivity contribution in [2.45, 2.75) is 17.9 Å². The van der Waals surface area contributed by atoms with Gasteiger partial charge < -0.3 is 19.5 Å². The van der Waals surface area contributed by atoms with Crippen molar-refractivity contribution < 1.29 is 14.2 Å². The summed E-state index contributed by atoms with van der Waals surface area (Å²) >= 11 is 1.87. The Bertz CT molecular complexity index is 346. The predicted molar refractivity (Wildman–Crippen MR) is 88.1 cm³/mol. The zero-order valence-corrected chi connectivity index (χ0v) is 13.9.